The maximum absolute atomic E-state index is 14.1. The van der Waals surface area contributed by atoms with Crippen LogP contribution in [-0.4, -0.2) is 25.7 Å². The summed E-state index contributed by atoms with van der Waals surface area (Å²) >= 11 is 0. The van der Waals surface area contributed by atoms with Gasteiger partial charge in [-0.15, -0.1) is 0 Å². The Morgan fingerprint density at radius 1 is 1.07 bits per heavy atom. The van der Waals surface area contributed by atoms with Crippen molar-refractivity contribution < 1.29 is 22.3 Å². The zero-order chi connectivity index (χ0) is 19.6. The third-order valence-corrected chi connectivity index (χ3v) is 6.61. The van der Waals surface area contributed by atoms with E-state index in [2.05, 4.69) is 4.72 Å². The molecule has 0 bridgehead atoms. The summed E-state index contributed by atoms with van der Waals surface area (Å²) in [5, 5.41) is 9.57. The van der Waals surface area contributed by atoms with Gasteiger partial charge in [-0.05, 0) is 67.5 Å². The second kappa shape index (κ2) is 8.04. The highest BCUT2D eigenvalue weighted by Crippen LogP contribution is 2.29. The maximum Gasteiger partial charge on any atom is 0.241 e. The van der Waals surface area contributed by atoms with Crippen molar-refractivity contribution in [1.82, 2.24) is 4.72 Å². The first-order valence-corrected chi connectivity index (χ1v) is 10.6. The molecule has 1 fully saturated rings. The fourth-order valence-electron chi connectivity index (χ4n) is 3.49. The Labute approximate surface area is 158 Å². The van der Waals surface area contributed by atoms with Crippen LogP contribution < -0.4 is 4.72 Å². The topological polar surface area (TPSA) is 66.4 Å². The highest BCUT2D eigenvalue weighted by atomic mass is 32.2. The number of rotatable bonds is 5. The number of hydrogen-bond acceptors (Lipinski definition) is 3. The molecule has 1 aliphatic carbocycles. The van der Waals surface area contributed by atoms with Crippen molar-refractivity contribution in [2.45, 2.75) is 56.1 Å². The van der Waals surface area contributed by atoms with E-state index in [1.165, 1.54) is 24.3 Å². The van der Waals surface area contributed by atoms with Crippen LogP contribution in [0.5, 0.6) is 0 Å². The Morgan fingerprint density at radius 3 is 2.41 bits per heavy atom. The predicted molar refractivity (Wildman–Crippen MR) is 99.8 cm³/mol. The van der Waals surface area contributed by atoms with E-state index >= 15 is 0 Å². The van der Waals surface area contributed by atoms with Crippen molar-refractivity contribution in [2.24, 2.45) is 0 Å². The quantitative estimate of drug-likeness (QED) is 0.810. The molecule has 0 spiro atoms. The SMILES string of the molecule is CCc1cc(-c2ccc(F)cc2F)ccc1S(=O)(=O)NC1CCC(O)CC1. The molecule has 1 saturated carbocycles. The van der Waals surface area contributed by atoms with E-state index in [4.69, 9.17) is 0 Å². The van der Waals surface area contributed by atoms with Crippen molar-refractivity contribution >= 4 is 10.0 Å². The first kappa shape index (κ1) is 19.9. The van der Waals surface area contributed by atoms with Gasteiger partial charge in [0.05, 0.1) is 11.0 Å². The third kappa shape index (κ3) is 4.54. The summed E-state index contributed by atoms with van der Waals surface area (Å²) < 4.78 is 55.6. The molecule has 0 unspecified atom stereocenters. The smallest absolute Gasteiger partial charge is 0.241 e. The predicted octanol–water partition coefficient (Wildman–Crippen LogP) is 3.78. The molecule has 7 heteroatoms. The number of aryl methyl sites for hydroxylation is 1. The molecule has 146 valence electrons. The molecule has 0 aromatic heterocycles. The summed E-state index contributed by atoms with van der Waals surface area (Å²) in [7, 11) is -3.72. The average molecular weight is 395 g/mol. The summed E-state index contributed by atoms with van der Waals surface area (Å²) in [6.45, 7) is 1.83. The Kier molecular flexibility index (Phi) is 5.93. The van der Waals surface area contributed by atoms with Gasteiger partial charge in [-0.1, -0.05) is 13.0 Å². The van der Waals surface area contributed by atoms with Crippen molar-refractivity contribution in [3.8, 4) is 11.1 Å². The summed E-state index contributed by atoms with van der Waals surface area (Å²) in [6.07, 6.45) is 2.45. The number of nitrogens with one attached hydrogen (secondary N) is 1. The van der Waals surface area contributed by atoms with Crippen molar-refractivity contribution in [3.63, 3.8) is 0 Å². The molecule has 27 heavy (non-hydrogen) atoms. The van der Waals surface area contributed by atoms with Gasteiger partial charge in [0.1, 0.15) is 11.6 Å². The van der Waals surface area contributed by atoms with Gasteiger partial charge < -0.3 is 5.11 Å². The summed E-state index contributed by atoms with van der Waals surface area (Å²) in [6, 6.07) is 7.77. The zero-order valence-corrected chi connectivity index (χ0v) is 15.9. The van der Waals surface area contributed by atoms with E-state index in [1.54, 1.807) is 6.07 Å². The summed E-state index contributed by atoms with van der Waals surface area (Å²) in [4.78, 5) is 0.169. The molecule has 2 aromatic carbocycles. The normalized spacial score (nSPS) is 20.6. The lowest BCUT2D eigenvalue weighted by Crippen LogP contribution is -2.38. The number of halogens is 2. The van der Waals surface area contributed by atoms with Gasteiger partial charge in [0, 0.05) is 17.7 Å². The van der Waals surface area contributed by atoms with E-state index in [0.717, 1.165) is 6.07 Å². The largest absolute Gasteiger partial charge is 0.393 e. The summed E-state index contributed by atoms with van der Waals surface area (Å²) in [5.41, 5.74) is 1.30. The number of aliphatic hydroxyl groups excluding tert-OH is 1. The highest BCUT2D eigenvalue weighted by molar-refractivity contribution is 7.89. The van der Waals surface area contributed by atoms with E-state index in [9.17, 15) is 22.3 Å². The van der Waals surface area contributed by atoms with Crippen LogP contribution in [0.15, 0.2) is 41.3 Å². The van der Waals surface area contributed by atoms with Crippen molar-refractivity contribution in [2.75, 3.05) is 0 Å². The minimum atomic E-state index is -3.72. The van der Waals surface area contributed by atoms with E-state index in [-0.39, 0.29) is 22.6 Å². The van der Waals surface area contributed by atoms with Crippen LogP contribution in [0.25, 0.3) is 11.1 Å². The van der Waals surface area contributed by atoms with Gasteiger partial charge in [0.25, 0.3) is 0 Å². The molecule has 3 rings (SSSR count). The Bertz CT molecular complexity index is 923. The van der Waals surface area contributed by atoms with Crippen LogP contribution in [0.4, 0.5) is 8.78 Å². The lowest BCUT2D eigenvalue weighted by molar-refractivity contribution is 0.120. The van der Waals surface area contributed by atoms with Gasteiger partial charge >= 0.3 is 0 Å². The molecule has 2 N–H and O–H groups in total. The highest BCUT2D eigenvalue weighted by Gasteiger charge is 2.26. The number of benzene rings is 2. The molecule has 0 heterocycles. The molecule has 0 atom stereocenters. The lowest BCUT2D eigenvalue weighted by atomic mass is 9.94. The Morgan fingerprint density at radius 2 is 1.78 bits per heavy atom. The number of sulfonamides is 1. The Hall–Kier alpha value is -1.83. The first-order valence-electron chi connectivity index (χ1n) is 9.09. The fourth-order valence-corrected chi connectivity index (χ4v) is 5.08. The standard InChI is InChI=1S/C20H23F2NO3S/c1-2-13-11-14(18-9-4-15(21)12-19(18)22)3-10-20(13)27(25,26)23-16-5-7-17(24)8-6-16/h3-4,9-12,16-17,23-24H,2,5-8H2,1H3. The lowest BCUT2D eigenvalue weighted by Gasteiger charge is -2.26. The van der Waals surface area contributed by atoms with E-state index in [1.807, 2.05) is 6.92 Å². The minimum absolute atomic E-state index is 0.169. The maximum atomic E-state index is 14.1. The van der Waals surface area contributed by atoms with Crippen LogP contribution >= 0.6 is 0 Å². The third-order valence-electron chi connectivity index (χ3n) is 4.99. The first-order chi connectivity index (χ1) is 12.8. The zero-order valence-electron chi connectivity index (χ0n) is 15.1. The van der Waals surface area contributed by atoms with Crippen LogP contribution in [0, 0.1) is 11.6 Å². The van der Waals surface area contributed by atoms with E-state index < -0.39 is 21.7 Å². The van der Waals surface area contributed by atoms with Crippen molar-refractivity contribution in [3.05, 3.63) is 53.6 Å². The molecular weight excluding hydrogens is 372 g/mol. The molecule has 1 aliphatic rings. The van der Waals surface area contributed by atoms with Gasteiger partial charge in [0.2, 0.25) is 10.0 Å². The van der Waals surface area contributed by atoms with Crippen LogP contribution in [0.1, 0.15) is 38.2 Å². The second-order valence-electron chi connectivity index (χ2n) is 6.93. The molecule has 0 radical (unpaired) electrons. The molecular formula is C20H23F2NO3S. The van der Waals surface area contributed by atoms with Crippen LogP contribution in [0.2, 0.25) is 0 Å². The molecule has 2 aromatic rings. The molecule has 4 nitrogen and oxygen atoms in total. The van der Waals surface area contributed by atoms with Crippen molar-refractivity contribution in [1.29, 1.82) is 0 Å². The number of aliphatic hydroxyl groups is 1. The summed E-state index contributed by atoms with van der Waals surface area (Å²) in [5.74, 6) is -1.35. The van der Waals surface area contributed by atoms with Gasteiger partial charge in [-0.25, -0.2) is 21.9 Å². The van der Waals surface area contributed by atoms with Gasteiger partial charge in [0.15, 0.2) is 0 Å². The second-order valence-corrected chi connectivity index (χ2v) is 8.61. The van der Waals surface area contributed by atoms with Crippen LogP contribution in [-0.2, 0) is 16.4 Å². The molecule has 0 aliphatic heterocycles. The number of hydrogen-bond donors (Lipinski definition) is 2. The van der Waals surface area contributed by atoms with Gasteiger partial charge in [-0.3, -0.25) is 0 Å². The monoisotopic (exact) mass is 395 g/mol. The minimum Gasteiger partial charge on any atom is -0.393 e. The average Bonchev–Trinajstić information content (AvgIpc) is 2.63. The van der Waals surface area contributed by atoms with Gasteiger partial charge in [-0.2, -0.15) is 0 Å². The van der Waals surface area contributed by atoms with E-state index in [0.29, 0.717) is 43.2 Å². The molecule has 0 amide bonds. The van der Waals surface area contributed by atoms with Crippen LogP contribution in [0.3, 0.4) is 0 Å². The Balaban J connectivity index is 1.89. The fraction of sp³-hybridized carbons (Fsp3) is 0.400. The molecule has 0 saturated heterocycles.